The summed E-state index contributed by atoms with van der Waals surface area (Å²) in [6.45, 7) is 0. The van der Waals surface area contributed by atoms with Crippen molar-refractivity contribution in [2.75, 3.05) is 5.73 Å². The van der Waals surface area contributed by atoms with Crippen LogP contribution in [0.3, 0.4) is 0 Å². The average Bonchev–Trinajstić information content (AvgIpc) is 3.13. The number of benzene rings is 2. The lowest BCUT2D eigenvalue weighted by Gasteiger charge is -2.02. The van der Waals surface area contributed by atoms with E-state index in [-0.39, 0.29) is 0 Å². The minimum absolute atomic E-state index is 0.722. The summed E-state index contributed by atoms with van der Waals surface area (Å²) in [5.41, 5.74) is 11.8. The molecular formula is C18H15ClN4. The quantitative estimate of drug-likeness (QED) is 0.535. The normalized spacial score (nSPS) is 11.2. The van der Waals surface area contributed by atoms with Crippen LogP contribution < -0.4 is 5.73 Å². The Labute approximate surface area is 138 Å². The Morgan fingerprint density at radius 2 is 1.91 bits per heavy atom. The number of aromatic amines is 1. The van der Waals surface area contributed by atoms with E-state index in [1.165, 1.54) is 0 Å². The molecule has 114 valence electrons. The van der Waals surface area contributed by atoms with E-state index in [4.69, 9.17) is 17.3 Å². The van der Waals surface area contributed by atoms with Gasteiger partial charge in [0.2, 0.25) is 0 Å². The minimum Gasteiger partial charge on any atom is -0.399 e. The zero-order chi connectivity index (χ0) is 16.0. The van der Waals surface area contributed by atoms with Gasteiger partial charge in [-0.15, -0.1) is 0 Å². The third-order valence-electron chi connectivity index (χ3n) is 3.89. The largest absolute Gasteiger partial charge is 0.399 e. The average molecular weight is 323 g/mol. The number of hydrogen-bond acceptors (Lipinski definition) is 2. The van der Waals surface area contributed by atoms with E-state index in [2.05, 4.69) is 16.0 Å². The number of nitrogen functional groups attached to an aromatic ring is 1. The first-order valence-corrected chi connectivity index (χ1v) is 7.64. The highest BCUT2D eigenvalue weighted by molar-refractivity contribution is 6.30. The van der Waals surface area contributed by atoms with Crippen LogP contribution in [0.25, 0.3) is 33.4 Å². The lowest BCUT2D eigenvalue weighted by atomic mass is 10.1. The Hall–Kier alpha value is -2.72. The Morgan fingerprint density at radius 3 is 2.61 bits per heavy atom. The Kier molecular flexibility index (Phi) is 3.13. The number of H-pyrrole nitrogens is 1. The molecule has 0 aliphatic heterocycles. The predicted molar refractivity (Wildman–Crippen MR) is 95.4 cm³/mol. The fraction of sp³-hybridized carbons (Fsp3) is 0.0556. The minimum atomic E-state index is 0.722. The molecule has 4 rings (SSSR count). The van der Waals surface area contributed by atoms with Crippen LogP contribution in [-0.4, -0.2) is 14.5 Å². The molecule has 0 unspecified atom stereocenters. The molecule has 0 saturated carbocycles. The van der Waals surface area contributed by atoms with Crippen molar-refractivity contribution in [3.63, 3.8) is 0 Å². The highest BCUT2D eigenvalue weighted by atomic mass is 35.5. The van der Waals surface area contributed by atoms with Crippen LogP contribution in [-0.2, 0) is 7.05 Å². The number of halogens is 1. The first kappa shape index (κ1) is 13.9. The number of fused-ring (bicyclic) bond motifs is 1. The molecule has 0 atom stereocenters. The fourth-order valence-corrected chi connectivity index (χ4v) is 2.93. The van der Waals surface area contributed by atoms with Gasteiger partial charge >= 0.3 is 0 Å². The summed E-state index contributed by atoms with van der Waals surface area (Å²) in [6.07, 6.45) is 3.77. The van der Waals surface area contributed by atoms with Crippen molar-refractivity contribution < 1.29 is 0 Å². The number of rotatable bonds is 2. The molecule has 2 heterocycles. The van der Waals surface area contributed by atoms with Gasteiger partial charge in [0.25, 0.3) is 0 Å². The molecule has 0 aliphatic rings. The lowest BCUT2D eigenvalue weighted by molar-refractivity contribution is 0.913. The molecule has 23 heavy (non-hydrogen) atoms. The number of imidazole rings is 1. The maximum absolute atomic E-state index is 6.07. The van der Waals surface area contributed by atoms with E-state index in [0.29, 0.717) is 0 Å². The number of aromatic nitrogens is 3. The smallest absolute Gasteiger partial charge is 0.0951 e. The molecule has 0 bridgehead atoms. The molecule has 0 amide bonds. The van der Waals surface area contributed by atoms with Crippen molar-refractivity contribution >= 4 is 28.2 Å². The first-order valence-electron chi connectivity index (χ1n) is 7.27. The standard InChI is InChI=1S/C18H15ClN4/c1-23-9-17(21-10-23)15-8-14(20)6-12-7-16(22-18(12)15)11-2-4-13(19)5-3-11/h2-10,22H,20H2,1H3. The SMILES string of the molecule is Cn1cnc(-c2cc(N)cc3cc(-c4ccc(Cl)cc4)[nH]c23)c1. The summed E-state index contributed by atoms with van der Waals surface area (Å²) in [4.78, 5) is 7.93. The molecule has 0 aliphatic carbocycles. The monoisotopic (exact) mass is 322 g/mol. The third kappa shape index (κ3) is 2.47. The Morgan fingerprint density at radius 1 is 1.13 bits per heavy atom. The molecule has 0 fully saturated rings. The highest BCUT2D eigenvalue weighted by Crippen LogP contribution is 2.33. The first-order chi connectivity index (χ1) is 11.1. The number of nitrogens with zero attached hydrogens (tertiary/aromatic N) is 2. The molecule has 3 N–H and O–H groups in total. The number of hydrogen-bond donors (Lipinski definition) is 2. The fourth-order valence-electron chi connectivity index (χ4n) is 2.81. The van der Waals surface area contributed by atoms with Crippen molar-refractivity contribution in [3.8, 4) is 22.5 Å². The topological polar surface area (TPSA) is 59.6 Å². The zero-order valence-corrected chi connectivity index (χ0v) is 13.3. The van der Waals surface area contributed by atoms with Gasteiger partial charge in [-0.2, -0.15) is 0 Å². The summed E-state index contributed by atoms with van der Waals surface area (Å²) in [6, 6.07) is 13.8. The van der Waals surface area contributed by atoms with E-state index in [1.54, 1.807) is 6.33 Å². The van der Waals surface area contributed by atoms with Crippen LogP contribution in [0.4, 0.5) is 5.69 Å². The number of nitrogens with two attached hydrogens (primary N) is 1. The van der Waals surface area contributed by atoms with Crippen molar-refractivity contribution in [3.05, 3.63) is 60.0 Å². The molecule has 0 radical (unpaired) electrons. The maximum Gasteiger partial charge on any atom is 0.0951 e. The van der Waals surface area contributed by atoms with Gasteiger partial charge in [0.1, 0.15) is 0 Å². The van der Waals surface area contributed by atoms with Gasteiger partial charge in [-0.3, -0.25) is 0 Å². The van der Waals surface area contributed by atoms with Gasteiger partial charge in [0.05, 0.1) is 17.5 Å². The van der Waals surface area contributed by atoms with Crippen molar-refractivity contribution in [2.24, 2.45) is 7.05 Å². The van der Waals surface area contributed by atoms with Gasteiger partial charge < -0.3 is 15.3 Å². The van der Waals surface area contributed by atoms with Gasteiger partial charge in [-0.25, -0.2) is 4.98 Å². The summed E-state index contributed by atoms with van der Waals surface area (Å²) in [5.74, 6) is 0. The molecule has 4 aromatic rings. The van der Waals surface area contributed by atoms with Crippen molar-refractivity contribution in [1.82, 2.24) is 14.5 Å². The van der Waals surface area contributed by atoms with Gasteiger partial charge in [-0.05, 0) is 35.9 Å². The molecule has 2 aromatic carbocycles. The van der Waals surface area contributed by atoms with Crippen molar-refractivity contribution in [1.29, 1.82) is 0 Å². The summed E-state index contributed by atoms with van der Waals surface area (Å²) in [7, 11) is 1.95. The van der Waals surface area contributed by atoms with Crippen LogP contribution in [0.5, 0.6) is 0 Å². The van der Waals surface area contributed by atoms with Crippen LogP contribution in [0, 0.1) is 0 Å². The highest BCUT2D eigenvalue weighted by Gasteiger charge is 2.12. The van der Waals surface area contributed by atoms with Gasteiger partial charge in [0.15, 0.2) is 0 Å². The van der Waals surface area contributed by atoms with Gasteiger partial charge in [-0.1, -0.05) is 23.7 Å². The number of nitrogens with one attached hydrogen (secondary N) is 1. The number of aryl methyl sites for hydroxylation is 1. The second kappa shape index (κ2) is 5.18. The molecule has 5 heteroatoms. The van der Waals surface area contributed by atoms with Gasteiger partial charge in [0, 0.05) is 40.6 Å². The summed E-state index contributed by atoms with van der Waals surface area (Å²) >= 11 is 5.97. The lowest BCUT2D eigenvalue weighted by Crippen LogP contribution is -1.88. The zero-order valence-electron chi connectivity index (χ0n) is 12.5. The van der Waals surface area contributed by atoms with Crippen LogP contribution in [0.2, 0.25) is 5.02 Å². The predicted octanol–water partition coefficient (Wildman–Crippen LogP) is 4.47. The Bertz CT molecular complexity index is 996. The van der Waals surface area contributed by atoms with E-state index < -0.39 is 0 Å². The molecule has 2 aromatic heterocycles. The van der Waals surface area contributed by atoms with E-state index in [9.17, 15) is 0 Å². The van der Waals surface area contributed by atoms with E-state index in [0.717, 1.165) is 44.1 Å². The number of anilines is 1. The molecular weight excluding hydrogens is 308 g/mol. The second-order valence-electron chi connectivity index (χ2n) is 5.65. The van der Waals surface area contributed by atoms with E-state index >= 15 is 0 Å². The van der Waals surface area contributed by atoms with E-state index in [1.807, 2.05) is 54.2 Å². The summed E-state index contributed by atoms with van der Waals surface area (Å²) < 4.78 is 1.92. The van der Waals surface area contributed by atoms with Crippen LogP contribution in [0.1, 0.15) is 0 Å². The third-order valence-corrected chi connectivity index (χ3v) is 4.14. The second-order valence-corrected chi connectivity index (χ2v) is 6.08. The van der Waals surface area contributed by atoms with Crippen molar-refractivity contribution in [2.45, 2.75) is 0 Å². The molecule has 4 nitrogen and oxygen atoms in total. The van der Waals surface area contributed by atoms with Crippen LogP contribution in [0.15, 0.2) is 55.0 Å². The maximum atomic E-state index is 6.07. The molecule has 0 saturated heterocycles. The molecule has 0 spiro atoms. The van der Waals surface area contributed by atoms with Crippen LogP contribution >= 0.6 is 11.6 Å². The summed E-state index contributed by atoms with van der Waals surface area (Å²) in [5, 5.41) is 1.79. The Balaban J connectivity index is 1.93.